The molecular weight excluding hydrogens is 306 g/mol. The first-order valence-electron chi connectivity index (χ1n) is 8.43. The Kier molecular flexibility index (Phi) is 4.12. The van der Waals surface area contributed by atoms with Crippen molar-refractivity contribution in [2.24, 2.45) is 0 Å². The predicted molar refractivity (Wildman–Crippen MR) is 88.5 cm³/mol. The van der Waals surface area contributed by atoms with Gasteiger partial charge in [-0.15, -0.1) is 0 Å². The Morgan fingerprint density at radius 1 is 1.33 bits per heavy atom. The van der Waals surface area contributed by atoms with Crippen LogP contribution in [0, 0.1) is 0 Å². The Morgan fingerprint density at radius 3 is 3.17 bits per heavy atom. The number of hydrogen-bond acceptors (Lipinski definition) is 5. The summed E-state index contributed by atoms with van der Waals surface area (Å²) in [6, 6.07) is 4.06. The number of rotatable bonds is 5. The van der Waals surface area contributed by atoms with E-state index < -0.39 is 0 Å². The van der Waals surface area contributed by atoms with Crippen molar-refractivity contribution in [3.8, 4) is 0 Å². The van der Waals surface area contributed by atoms with E-state index in [-0.39, 0.29) is 5.56 Å². The summed E-state index contributed by atoms with van der Waals surface area (Å²) < 4.78 is 3.34. The lowest BCUT2D eigenvalue weighted by Crippen LogP contribution is -2.40. The van der Waals surface area contributed by atoms with Gasteiger partial charge in [-0.05, 0) is 31.9 Å². The molecule has 4 heterocycles. The Hall–Kier alpha value is -2.48. The van der Waals surface area contributed by atoms with Crippen molar-refractivity contribution in [1.29, 1.82) is 0 Å². The molecule has 8 nitrogen and oxygen atoms in total. The molecule has 0 saturated carbocycles. The molecular formula is C16H21N7O. The molecule has 0 bridgehead atoms. The SMILES string of the molecule is O=c1cc(CN2CCCCC2CCn2cccn2)nc2nc[nH]n12. The minimum Gasteiger partial charge on any atom is -0.294 e. The number of H-pyrrole nitrogens is 1. The predicted octanol–water partition coefficient (Wildman–Crippen LogP) is 1.06. The number of piperidine rings is 1. The third-order valence-corrected chi connectivity index (χ3v) is 4.69. The fourth-order valence-electron chi connectivity index (χ4n) is 3.47. The highest BCUT2D eigenvalue weighted by Crippen LogP contribution is 2.21. The molecule has 1 atom stereocenters. The van der Waals surface area contributed by atoms with Crippen LogP contribution in [0.5, 0.6) is 0 Å². The summed E-state index contributed by atoms with van der Waals surface area (Å²) in [5, 5.41) is 7.05. The van der Waals surface area contributed by atoms with E-state index in [1.165, 1.54) is 30.1 Å². The standard InChI is InChI=1S/C16H21N7O/c24-15-10-13(20-16-17-12-19-23(15)16)11-21-7-2-1-4-14(21)5-9-22-8-3-6-18-22/h3,6,8,10,12,14H,1-2,4-5,7,9,11H2,(H,17,19,20). The minimum atomic E-state index is -0.113. The zero-order valence-electron chi connectivity index (χ0n) is 13.5. The van der Waals surface area contributed by atoms with Crippen LogP contribution in [0.15, 0.2) is 35.6 Å². The van der Waals surface area contributed by atoms with E-state index in [9.17, 15) is 4.79 Å². The van der Waals surface area contributed by atoms with E-state index in [0.29, 0.717) is 18.4 Å². The molecule has 3 aromatic heterocycles. The normalized spacial score (nSPS) is 19.1. The quantitative estimate of drug-likeness (QED) is 0.757. The van der Waals surface area contributed by atoms with Crippen LogP contribution in [0.3, 0.4) is 0 Å². The molecule has 126 valence electrons. The van der Waals surface area contributed by atoms with Gasteiger partial charge in [0.25, 0.3) is 11.3 Å². The summed E-state index contributed by atoms with van der Waals surface area (Å²) >= 11 is 0. The fraction of sp³-hybridized carbons (Fsp3) is 0.500. The number of likely N-dealkylation sites (tertiary alicyclic amines) is 1. The van der Waals surface area contributed by atoms with Gasteiger partial charge in [-0.25, -0.2) is 9.97 Å². The second-order valence-corrected chi connectivity index (χ2v) is 6.29. The first kappa shape index (κ1) is 15.1. The van der Waals surface area contributed by atoms with Crippen LogP contribution in [0.4, 0.5) is 0 Å². The van der Waals surface area contributed by atoms with Crippen LogP contribution < -0.4 is 5.56 Å². The molecule has 0 amide bonds. The maximum atomic E-state index is 12.1. The summed E-state index contributed by atoms with van der Waals surface area (Å²) in [5.74, 6) is 0.433. The molecule has 1 unspecified atom stereocenters. The summed E-state index contributed by atoms with van der Waals surface area (Å²) in [5.41, 5.74) is 0.677. The van der Waals surface area contributed by atoms with Gasteiger partial charge in [0.15, 0.2) is 0 Å². The highest BCUT2D eigenvalue weighted by molar-refractivity contribution is 5.26. The Morgan fingerprint density at radius 2 is 2.29 bits per heavy atom. The van der Waals surface area contributed by atoms with Crippen molar-refractivity contribution in [1.82, 2.24) is 34.3 Å². The number of aromatic amines is 1. The maximum Gasteiger partial charge on any atom is 0.274 e. The number of nitrogens with zero attached hydrogens (tertiary/aromatic N) is 6. The van der Waals surface area contributed by atoms with Crippen LogP contribution in [-0.2, 0) is 13.1 Å². The van der Waals surface area contributed by atoms with Crippen LogP contribution in [0.1, 0.15) is 31.4 Å². The van der Waals surface area contributed by atoms with Crippen molar-refractivity contribution < 1.29 is 0 Å². The summed E-state index contributed by atoms with van der Waals surface area (Å²) in [6.45, 7) is 2.66. The molecule has 1 fully saturated rings. The van der Waals surface area contributed by atoms with Gasteiger partial charge in [-0.1, -0.05) is 6.42 Å². The van der Waals surface area contributed by atoms with Gasteiger partial charge < -0.3 is 0 Å². The van der Waals surface area contributed by atoms with Gasteiger partial charge in [-0.3, -0.25) is 19.5 Å². The maximum absolute atomic E-state index is 12.1. The van der Waals surface area contributed by atoms with E-state index in [4.69, 9.17) is 0 Å². The number of nitrogens with one attached hydrogen (secondary N) is 1. The number of aromatic nitrogens is 6. The molecule has 1 aliphatic rings. The van der Waals surface area contributed by atoms with Gasteiger partial charge in [-0.2, -0.15) is 9.61 Å². The zero-order valence-corrected chi connectivity index (χ0v) is 13.5. The molecule has 4 rings (SSSR count). The molecule has 1 aliphatic heterocycles. The van der Waals surface area contributed by atoms with E-state index in [2.05, 4.69) is 25.1 Å². The molecule has 0 radical (unpaired) electrons. The molecule has 0 aromatic carbocycles. The Bertz CT molecular complexity index is 851. The van der Waals surface area contributed by atoms with Gasteiger partial charge in [0, 0.05) is 37.6 Å². The number of hydrogen-bond donors (Lipinski definition) is 1. The lowest BCUT2D eigenvalue weighted by Gasteiger charge is -2.35. The third kappa shape index (κ3) is 3.09. The molecule has 0 aliphatic carbocycles. The van der Waals surface area contributed by atoms with Gasteiger partial charge in [0.2, 0.25) is 0 Å². The zero-order chi connectivity index (χ0) is 16.4. The molecule has 1 saturated heterocycles. The lowest BCUT2D eigenvalue weighted by molar-refractivity contribution is 0.126. The van der Waals surface area contributed by atoms with Crippen LogP contribution in [0.25, 0.3) is 5.78 Å². The first-order valence-corrected chi connectivity index (χ1v) is 8.43. The van der Waals surface area contributed by atoms with Crippen LogP contribution in [0.2, 0.25) is 0 Å². The molecule has 24 heavy (non-hydrogen) atoms. The van der Waals surface area contributed by atoms with E-state index in [1.54, 1.807) is 6.07 Å². The molecule has 3 aromatic rings. The van der Waals surface area contributed by atoms with E-state index >= 15 is 0 Å². The van der Waals surface area contributed by atoms with Gasteiger partial charge in [0.05, 0.1) is 5.69 Å². The van der Waals surface area contributed by atoms with Crippen molar-refractivity contribution >= 4 is 5.78 Å². The van der Waals surface area contributed by atoms with E-state index in [0.717, 1.165) is 25.2 Å². The molecule has 1 N–H and O–H groups in total. The number of fused-ring (bicyclic) bond motifs is 1. The van der Waals surface area contributed by atoms with Crippen molar-refractivity contribution in [2.45, 2.75) is 44.8 Å². The van der Waals surface area contributed by atoms with Crippen molar-refractivity contribution in [3.05, 3.63) is 46.9 Å². The fourth-order valence-corrected chi connectivity index (χ4v) is 3.47. The Balaban J connectivity index is 1.48. The highest BCUT2D eigenvalue weighted by Gasteiger charge is 2.23. The highest BCUT2D eigenvalue weighted by atomic mass is 16.1. The van der Waals surface area contributed by atoms with Gasteiger partial charge in [0.1, 0.15) is 6.33 Å². The minimum absolute atomic E-state index is 0.113. The second kappa shape index (κ2) is 6.56. The first-order chi connectivity index (χ1) is 11.8. The van der Waals surface area contributed by atoms with Crippen LogP contribution >= 0.6 is 0 Å². The molecule has 0 spiro atoms. The van der Waals surface area contributed by atoms with E-state index in [1.807, 2.05) is 23.1 Å². The van der Waals surface area contributed by atoms with Crippen LogP contribution in [-0.4, -0.2) is 46.8 Å². The smallest absolute Gasteiger partial charge is 0.274 e. The largest absolute Gasteiger partial charge is 0.294 e. The summed E-state index contributed by atoms with van der Waals surface area (Å²) in [7, 11) is 0. The number of aryl methyl sites for hydroxylation is 1. The summed E-state index contributed by atoms with van der Waals surface area (Å²) in [6.07, 6.45) is 10.0. The Labute approximate surface area is 139 Å². The third-order valence-electron chi connectivity index (χ3n) is 4.69. The van der Waals surface area contributed by atoms with Crippen molar-refractivity contribution in [2.75, 3.05) is 6.54 Å². The monoisotopic (exact) mass is 327 g/mol. The summed E-state index contributed by atoms with van der Waals surface area (Å²) in [4.78, 5) is 23.1. The average molecular weight is 327 g/mol. The average Bonchev–Trinajstić information content (AvgIpc) is 3.25. The topological polar surface area (TPSA) is 84.1 Å². The lowest BCUT2D eigenvalue weighted by atomic mass is 9.99. The van der Waals surface area contributed by atoms with Crippen molar-refractivity contribution in [3.63, 3.8) is 0 Å². The van der Waals surface area contributed by atoms with Gasteiger partial charge >= 0.3 is 0 Å². The second-order valence-electron chi connectivity index (χ2n) is 6.29. The molecule has 8 heteroatoms.